The Morgan fingerprint density at radius 2 is 2.00 bits per heavy atom. The normalized spacial score (nSPS) is 18.2. The number of carbonyl (C=O) groups is 1. The van der Waals surface area contributed by atoms with Gasteiger partial charge in [0, 0.05) is 54.0 Å². The van der Waals surface area contributed by atoms with Gasteiger partial charge in [0.1, 0.15) is 10.8 Å². The Morgan fingerprint density at radius 1 is 1.16 bits per heavy atom. The fourth-order valence-corrected chi connectivity index (χ4v) is 7.25. The molecule has 0 aliphatic carbocycles. The summed E-state index contributed by atoms with van der Waals surface area (Å²) in [6.07, 6.45) is 7.40. The van der Waals surface area contributed by atoms with Crippen LogP contribution in [-0.2, 0) is 22.4 Å². The summed E-state index contributed by atoms with van der Waals surface area (Å²) in [5.41, 5.74) is 3.75. The maximum Gasteiger partial charge on any atom is 0.138 e. The predicted molar refractivity (Wildman–Crippen MR) is 136 cm³/mol. The molecule has 0 spiro atoms. The van der Waals surface area contributed by atoms with Gasteiger partial charge < -0.3 is 10.1 Å². The minimum atomic E-state index is 0.344. The zero-order valence-corrected chi connectivity index (χ0v) is 21.0. The van der Waals surface area contributed by atoms with Gasteiger partial charge in [0.2, 0.25) is 0 Å². The second kappa shape index (κ2) is 11.0. The summed E-state index contributed by atoms with van der Waals surface area (Å²) in [5.74, 6) is 0.344. The molecule has 3 heterocycles. The molecular weight excluding hydrogens is 436 g/mol. The smallest absolute Gasteiger partial charge is 0.138 e. The molecule has 0 radical (unpaired) electrons. The Balaban J connectivity index is 1.66. The minimum Gasteiger partial charge on any atom is -0.385 e. The molecule has 172 valence electrons. The van der Waals surface area contributed by atoms with Crippen LogP contribution in [0.3, 0.4) is 0 Å². The first-order valence-corrected chi connectivity index (χ1v) is 13.5. The predicted octanol–water partition coefficient (Wildman–Crippen LogP) is 6.72. The molecule has 0 bridgehead atoms. The van der Waals surface area contributed by atoms with E-state index in [9.17, 15) is 4.79 Å². The molecule has 0 fully saturated rings. The number of hydrogen-bond acceptors (Lipinski definition) is 6. The van der Waals surface area contributed by atoms with Gasteiger partial charge in [0.15, 0.2) is 0 Å². The van der Waals surface area contributed by atoms with E-state index in [4.69, 9.17) is 9.72 Å². The molecule has 2 atom stereocenters. The van der Waals surface area contributed by atoms with Gasteiger partial charge in [-0.1, -0.05) is 32.4 Å². The van der Waals surface area contributed by atoms with Gasteiger partial charge in [-0.05, 0) is 49.8 Å². The van der Waals surface area contributed by atoms with E-state index in [0.717, 1.165) is 55.7 Å². The molecule has 32 heavy (non-hydrogen) atoms. The Hall–Kier alpha value is -1.60. The first-order chi connectivity index (χ1) is 15.6. The van der Waals surface area contributed by atoms with E-state index < -0.39 is 0 Å². The van der Waals surface area contributed by atoms with Crippen LogP contribution in [0.5, 0.6) is 0 Å². The van der Waals surface area contributed by atoms with Crippen molar-refractivity contribution >= 4 is 38.7 Å². The van der Waals surface area contributed by atoms with Crippen LogP contribution in [0.1, 0.15) is 73.7 Å². The Bertz CT molecular complexity index is 1020. The van der Waals surface area contributed by atoms with E-state index in [-0.39, 0.29) is 0 Å². The molecule has 2 unspecified atom stereocenters. The molecule has 4 nitrogen and oxygen atoms in total. The highest BCUT2D eigenvalue weighted by atomic mass is 32.1. The highest BCUT2D eigenvalue weighted by molar-refractivity contribution is 7.22. The lowest BCUT2D eigenvalue weighted by atomic mass is 9.91. The summed E-state index contributed by atoms with van der Waals surface area (Å²) < 4.78 is 6.34. The number of hydrogen-bond donors (Lipinski definition) is 1. The number of methoxy groups -OCH3 is 1. The van der Waals surface area contributed by atoms with Crippen LogP contribution >= 0.6 is 22.7 Å². The fraction of sp³-hybridized carbons (Fsp3) is 0.538. The number of nitrogens with one attached hydrogen (secondary N) is 1. The zero-order chi connectivity index (χ0) is 22.5. The average Bonchev–Trinajstić information content (AvgIpc) is 3.38. The summed E-state index contributed by atoms with van der Waals surface area (Å²) in [7, 11) is 1.73. The van der Waals surface area contributed by atoms with Crippen molar-refractivity contribution in [2.24, 2.45) is 0 Å². The molecule has 1 aromatic carbocycles. The Morgan fingerprint density at radius 3 is 2.75 bits per heavy atom. The van der Waals surface area contributed by atoms with Crippen molar-refractivity contribution in [3.8, 4) is 10.6 Å². The van der Waals surface area contributed by atoms with Gasteiger partial charge in [-0.2, -0.15) is 0 Å². The molecule has 0 saturated heterocycles. The number of unbranched alkanes of at least 4 members (excludes halogenated alkanes) is 2. The van der Waals surface area contributed by atoms with Crippen LogP contribution in [-0.4, -0.2) is 30.5 Å². The Kier molecular flexibility index (Phi) is 8.11. The summed E-state index contributed by atoms with van der Waals surface area (Å²) in [5, 5.41) is 4.91. The second-order valence-electron chi connectivity index (χ2n) is 8.69. The fourth-order valence-electron chi connectivity index (χ4n) is 4.62. The van der Waals surface area contributed by atoms with Gasteiger partial charge in [-0.25, -0.2) is 4.98 Å². The number of aromatic nitrogens is 1. The monoisotopic (exact) mass is 470 g/mol. The van der Waals surface area contributed by atoms with E-state index in [0.29, 0.717) is 30.7 Å². The van der Waals surface area contributed by atoms with Crippen LogP contribution in [0.15, 0.2) is 24.3 Å². The van der Waals surface area contributed by atoms with Crippen LogP contribution in [0.2, 0.25) is 0 Å². The lowest BCUT2D eigenvalue weighted by Crippen LogP contribution is -2.38. The third-order valence-electron chi connectivity index (χ3n) is 6.39. The number of nitrogens with zero attached hydrogens (tertiary/aromatic N) is 1. The lowest BCUT2D eigenvalue weighted by molar-refractivity contribution is -0.118. The van der Waals surface area contributed by atoms with E-state index in [1.807, 2.05) is 17.4 Å². The molecule has 1 aliphatic rings. The average molecular weight is 471 g/mol. The number of thiophene rings is 1. The summed E-state index contributed by atoms with van der Waals surface area (Å²) in [6.45, 7) is 5.28. The third-order valence-corrected chi connectivity index (χ3v) is 8.79. The number of thiazole rings is 1. The van der Waals surface area contributed by atoms with Crippen molar-refractivity contribution in [2.75, 3.05) is 13.7 Å². The van der Waals surface area contributed by atoms with Crippen LogP contribution in [0.4, 0.5) is 0 Å². The maximum atomic E-state index is 12.9. The molecule has 2 aromatic heterocycles. The van der Waals surface area contributed by atoms with E-state index >= 15 is 0 Å². The highest BCUT2D eigenvalue weighted by Crippen LogP contribution is 2.46. The number of carbonyl (C=O) groups excluding carboxylic acids is 1. The molecule has 0 amide bonds. The minimum absolute atomic E-state index is 0.344. The SMILES string of the molecule is CCC1Cc2c(sc(CC(=O)CCCCCOC)c2-c2nc3ccccc3s2)C(CC)N1. The quantitative estimate of drug-likeness (QED) is 0.316. The van der Waals surface area contributed by atoms with Crippen molar-refractivity contribution in [3.05, 3.63) is 39.6 Å². The third kappa shape index (κ3) is 5.14. The van der Waals surface area contributed by atoms with Crippen molar-refractivity contribution in [3.63, 3.8) is 0 Å². The van der Waals surface area contributed by atoms with Crippen molar-refractivity contribution in [1.29, 1.82) is 0 Å². The van der Waals surface area contributed by atoms with Gasteiger partial charge in [0.25, 0.3) is 0 Å². The van der Waals surface area contributed by atoms with Crippen molar-refractivity contribution < 1.29 is 9.53 Å². The zero-order valence-electron chi connectivity index (χ0n) is 19.4. The van der Waals surface area contributed by atoms with Gasteiger partial charge >= 0.3 is 0 Å². The Labute approximate surface area is 199 Å². The topological polar surface area (TPSA) is 51.2 Å². The van der Waals surface area contributed by atoms with Crippen molar-refractivity contribution in [1.82, 2.24) is 10.3 Å². The van der Waals surface area contributed by atoms with Crippen molar-refractivity contribution in [2.45, 2.75) is 77.3 Å². The van der Waals surface area contributed by atoms with Crippen LogP contribution in [0, 0.1) is 0 Å². The molecule has 0 saturated carbocycles. The van der Waals surface area contributed by atoms with E-state index in [1.165, 1.54) is 25.6 Å². The first kappa shape index (κ1) is 23.6. The first-order valence-electron chi connectivity index (χ1n) is 11.9. The largest absolute Gasteiger partial charge is 0.385 e. The molecule has 3 aromatic rings. The van der Waals surface area contributed by atoms with Crippen LogP contribution in [0.25, 0.3) is 20.8 Å². The van der Waals surface area contributed by atoms with Gasteiger partial charge in [0.05, 0.1) is 10.2 Å². The van der Waals surface area contributed by atoms with E-state index in [1.54, 1.807) is 18.4 Å². The molecular formula is C26H34N2O2S2. The maximum absolute atomic E-state index is 12.9. The number of ether oxygens (including phenoxy) is 1. The second-order valence-corrected chi connectivity index (χ2v) is 10.9. The van der Waals surface area contributed by atoms with Crippen LogP contribution < -0.4 is 5.32 Å². The van der Waals surface area contributed by atoms with Gasteiger partial charge in [-0.3, -0.25) is 4.79 Å². The lowest BCUT2D eigenvalue weighted by Gasteiger charge is -2.30. The number of rotatable bonds is 11. The number of ketones is 1. The molecule has 4 rings (SSSR count). The summed E-state index contributed by atoms with van der Waals surface area (Å²) in [6, 6.07) is 9.22. The highest BCUT2D eigenvalue weighted by Gasteiger charge is 2.32. The standard InChI is InChI=1S/C26H34N2O2S2/c1-4-17-15-19-24(26-28-21-12-8-9-13-22(21)32-26)23(31-25(19)20(5-2)27-17)16-18(29)11-7-6-10-14-30-3/h8-9,12-13,17,20,27H,4-7,10-11,14-16H2,1-3H3. The molecule has 1 N–H and O–H groups in total. The molecule has 6 heteroatoms. The number of fused-ring (bicyclic) bond motifs is 2. The van der Waals surface area contributed by atoms with Gasteiger partial charge in [-0.15, -0.1) is 22.7 Å². The molecule has 1 aliphatic heterocycles. The number of para-hydroxylation sites is 1. The van der Waals surface area contributed by atoms with E-state index in [2.05, 4.69) is 37.4 Å². The summed E-state index contributed by atoms with van der Waals surface area (Å²) in [4.78, 5) is 20.6. The summed E-state index contributed by atoms with van der Waals surface area (Å²) >= 11 is 3.61. The number of benzene rings is 1. The number of Topliss-reactive ketones (excluding diaryl/α,β-unsaturated/α-hetero) is 1.